The standard InChI is InChI=1S/C11H15N3O4S/c1-6(4-12)5-13-19(17,18)10-7(2)9(11(15)16)14-8(10)3/h6,13-14H,5H2,1-3H3,(H,15,16). The average molecular weight is 285 g/mol. The highest BCUT2D eigenvalue weighted by Gasteiger charge is 2.26. The fraction of sp³-hybridized carbons (Fsp3) is 0.455. The van der Waals surface area contributed by atoms with E-state index in [0.29, 0.717) is 0 Å². The molecular weight excluding hydrogens is 270 g/mol. The van der Waals surface area contributed by atoms with Crippen molar-refractivity contribution in [2.75, 3.05) is 6.54 Å². The number of aromatic carboxylic acids is 1. The third-order valence-electron chi connectivity index (χ3n) is 2.65. The lowest BCUT2D eigenvalue weighted by atomic mass is 10.2. The first-order chi connectivity index (χ1) is 8.70. The van der Waals surface area contributed by atoms with Gasteiger partial charge in [-0.2, -0.15) is 5.26 Å². The molecule has 0 amide bonds. The average Bonchev–Trinajstić information content (AvgIpc) is 2.62. The predicted molar refractivity (Wildman–Crippen MR) is 67.2 cm³/mol. The molecule has 0 saturated carbocycles. The minimum atomic E-state index is -3.84. The molecule has 0 saturated heterocycles. The van der Waals surface area contributed by atoms with Gasteiger partial charge in [0.05, 0.1) is 12.0 Å². The zero-order valence-corrected chi connectivity index (χ0v) is 11.6. The van der Waals surface area contributed by atoms with Crippen LogP contribution in [0.1, 0.15) is 28.7 Å². The second-order valence-electron chi connectivity index (χ2n) is 4.27. The number of nitrogens with zero attached hydrogens (tertiary/aromatic N) is 1. The number of carbonyl (C=O) groups is 1. The molecule has 1 heterocycles. The van der Waals surface area contributed by atoms with E-state index >= 15 is 0 Å². The number of aryl methyl sites for hydroxylation is 1. The van der Waals surface area contributed by atoms with Crippen LogP contribution in [-0.2, 0) is 10.0 Å². The van der Waals surface area contributed by atoms with Crippen molar-refractivity contribution in [1.29, 1.82) is 5.26 Å². The molecule has 0 spiro atoms. The Morgan fingerprint density at radius 2 is 2.11 bits per heavy atom. The number of H-pyrrole nitrogens is 1. The molecule has 1 rings (SSSR count). The summed E-state index contributed by atoms with van der Waals surface area (Å²) in [5.41, 5.74) is 0.264. The third-order valence-corrected chi connectivity index (χ3v) is 4.35. The summed E-state index contributed by atoms with van der Waals surface area (Å²) >= 11 is 0. The van der Waals surface area contributed by atoms with Crippen molar-refractivity contribution < 1.29 is 18.3 Å². The highest BCUT2D eigenvalue weighted by Crippen LogP contribution is 2.23. The van der Waals surface area contributed by atoms with E-state index in [9.17, 15) is 13.2 Å². The van der Waals surface area contributed by atoms with Gasteiger partial charge in [-0.3, -0.25) is 0 Å². The summed E-state index contributed by atoms with van der Waals surface area (Å²) in [7, 11) is -3.84. The Morgan fingerprint density at radius 3 is 2.53 bits per heavy atom. The number of rotatable bonds is 5. The summed E-state index contributed by atoms with van der Waals surface area (Å²) in [4.78, 5) is 13.4. The van der Waals surface area contributed by atoms with E-state index in [1.807, 2.05) is 6.07 Å². The van der Waals surface area contributed by atoms with Gasteiger partial charge < -0.3 is 10.1 Å². The van der Waals surface area contributed by atoms with Crippen molar-refractivity contribution in [3.63, 3.8) is 0 Å². The van der Waals surface area contributed by atoms with Crippen LogP contribution in [0.4, 0.5) is 0 Å². The summed E-state index contributed by atoms with van der Waals surface area (Å²) in [5, 5.41) is 17.6. The molecule has 104 valence electrons. The highest BCUT2D eigenvalue weighted by atomic mass is 32.2. The summed E-state index contributed by atoms with van der Waals surface area (Å²) in [6.45, 7) is 4.48. The van der Waals surface area contributed by atoms with Crippen molar-refractivity contribution >= 4 is 16.0 Å². The van der Waals surface area contributed by atoms with Crippen LogP contribution in [0.3, 0.4) is 0 Å². The fourth-order valence-electron chi connectivity index (χ4n) is 1.70. The van der Waals surface area contributed by atoms with E-state index in [4.69, 9.17) is 10.4 Å². The SMILES string of the molecule is Cc1[nH]c(C(=O)O)c(C)c1S(=O)(=O)NCC(C)C#N. The minimum absolute atomic E-state index is 0.0225. The van der Waals surface area contributed by atoms with Crippen LogP contribution >= 0.6 is 0 Å². The van der Waals surface area contributed by atoms with Crippen LogP contribution in [0.5, 0.6) is 0 Å². The van der Waals surface area contributed by atoms with Gasteiger partial charge in [-0.1, -0.05) is 0 Å². The van der Waals surface area contributed by atoms with Crippen LogP contribution < -0.4 is 4.72 Å². The molecule has 7 nitrogen and oxygen atoms in total. The van der Waals surface area contributed by atoms with Gasteiger partial charge in [0.2, 0.25) is 10.0 Å². The van der Waals surface area contributed by atoms with E-state index < -0.39 is 21.9 Å². The van der Waals surface area contributed by atoms with Gasteiger partial charge in [0.25, 0.3) is 0 Å². The zero-order chi connectivity index (χ0) is 14.8. The smallest absolute Gasteiger partial charge is 0.352 e. The maximum Gasteiger partial charge on any atom is 0.352 e. The van der Waals surface area contributed by atoms with Crippen molar-refractivity contribution in [1.82, 2.24) is 9.71 Å². The number of carboxylic acid groups (broad SMARTS) is 1. The molecule has 0 bridgehead atoms. The molecule has 19 heavy (non-hydrogen) atoms. The van der Waals surface area contributed by atoms with Crippen molar-refractivity contribution in [3.05, 3.63) is 17.0 Å². The van der Waals surface area contributed by atoms with Crippen LogP contribution in [-0.4, -0.2) is 31.0 Å². The van der Waals surface area contributed by atoms with Crippen LogP contribution in [0, 0.1) is 31.1 Å². The van der Waals surface area contributed by atoms with Crippen LogP contribution in [0.25, 0.3) is 0 Å². The first-order valence-electron chi connectivity index (χ1n) is 5.52. The topological polar surface area (TPSA) is 123 Å². The molecule has 8 heteroatoms. The normalized spacial score (nSPS) is 12.9. The Balaban J connectivity index is 3.16. The molecule has 0 aliphatic rings. The second kappa shape index (κ2) is 5.42. The summed E-state index contributed by atoms with van der Waals surface area (Å²) in [6, 6.07) is 1.91. The molecule has 0 fully saturated rings. The molecule has 3 N–H and O–H groups in total. The first kappa shape index (κ1) is 15.2. The number of hydrogen-bond donors (Lipinski definition) is 3. The Bertz CT molecular complexity index is 640. The Kier molecular flexibility index (Phi) is 4.34. The first-order valence-corrected chi connectivity index (χ1v) is 7.00. The van der Waals surface area contributed by atoms with E-state index in [0.717, 1.165) is 0 Å². The molecule has 1 aromatic rings. The zero-order valence-electron chi connectivity index (χ0n) is 10.8. The van der Waals surface area contributed by atoms with E-state index in [1.165, 1.54) is 13.8 Å². The number of aromatic nitrogens is 1. The van der Waals surface area contributed by atoms with E-state index in [1.54, 1.807) is 6.92 Å². The van der Waals surface area contributed by atoms with Gasteiger partial charge >= 0.3 is 5.97 Å². The van der Waals surface area contributed by atoms with Gasteiger partial charge in [0, 0.05) is 17.8 Å². The monoisotopic (exact) mass is 285 g/mol. The predicted octanol–water partition coefficient (Wildman–Crippen LogP) is 0.768. The molecule has 0 radical (unpaired) electrons. The lowest BCUT2D eigenvalue weighted by molar-refractivity contribution is 0.0690. The molecule has 0 aliphatic heterocycles. The number of sulfonamides is 1. The maximum atomic E-state index is 12.1. The molecule has 1 unspecified atom stereocenters. The number of nitrogens with one attached hydrogen (secondary N) is 2. The quantitative estimate of drug-likeness (QED) is 0.737. The lowest BCUT2D eigenvalue weighted by Gasteiger charge is -2.08. The molecule has 1 aromatic heterocycles. The number of aromatic amines is 1. The summed E-state index contributed by atoms with van der Waals surface area (Å²) < 4.78 is 26.5. The number of nitriles is 1. The largest absolute Gasteiger partial charge is 0.477 e. The van der Waals surface area contributed by atoms with Gasteiger partial charge in [-0.15, -0.1) is 0 Å². The maximum absolute atomic E-state index is 12.1. The summed E-state index contributed by atoms with van der Waals surface area (Å²) in [6.07, 6.45) is 0. The van der Waals surface area contributed by atoms with Crippen molar-refractivity contribution in [3.8, 4) is 6.07 Å². The van der Waals surface area contributed by atoms with Gasteiger partial charge in [0.15, 0.2) is 0 Å². The van der Waals surface area contributed by atoms with Crippen LogP contribution in [0.2, 0.25) is 0 Å². The fourth-order valence-corrected chi connectivity index (χ4v) is 3.28. The highest BCUT2D eigenvalue weighted by molar-refractivity contribution is 7.89. The Labute approximate surface area is 111 Å². The Morgan fingerprint density at radius 1 is 1.53 bits per heavy atom. The number of hydrogen-bond acceptors (Lipinski definition) is 4. The van der Waals surface area contributed by atoms with E-state index in [-0.39, 0.29) is 28.4 Å². The Hall–Kier alpha value is -1.85. The van der Waals surface area contributed by atoms with Crippen molar-refractivity contribution in [2.45, 2.75) is 25.7 Å². The molecule has 1 atom stereocenters. The van der Waals surface area contributed by atoms with E-state index in [2.05, 4.69) is 9.71 Å². The molecule has 0 aromatic carbocycles. The third kappa shape index (κ3) is 3.13. The minimum Gasteiger partial charge on any atom is -0.477 e. The lowest BCUT2D eigenvalue weighted by Crippen LogP contribution is -2.28. The van der Waals surface area contributed by atoms with Gasteiger partial charge in [-0.05, 0) is 20.8 Å². The second-order valence-corrected chi connectivity index (χ2v) is 5.97. The number of carboxylic acids is 1. The summed E-state index contributed by atoms with van der Waals surface area (Å²) in [5.74, 6) is -1.68. The van der Waals surface area contributed by atoms with Gasteiger partial charge in [0.1, 0.15) is 10.6 Å². The molecular formula is C11H15N3O4S. The molecule has 0 aliphatic carbocycles. The van der Waals surface area contributed by atoms with Crippen LogP contribution in [0.15, 0.2) is 4.90 Å². The van der Waals surface area contributed by atoms with Crippen molar-refractivity contribution in [2.24, 2.45) is 5.92 Å². The van der Waals surface area contributed by atoms with Gasteiger partial charge in [-0.25, -0.2) is 17.9 Å².